The van der Waals surface area contributed by atoms with Crippen molar-refractivity contribution in [3.63, 3.8) is 0 Å². The van der Waals surface area contributed by atoms with E-state index in [1.54, 1.807) is 0 Å². The van der Waals surface area contributed by atoms with Crippen molar-refractivity contribution in [1.82, 2.24) is 0 Å². The lowest BCUT2D eigenvalue weighted by atomic mass is 9.37. The number of fused-ring (bicyclic) bond motifs is 5. The molecule has 2 aliphatic rings. The second-order valence-corrected chi connectivity index (χ2v) is 10.6. The van der Waals surface area contributed by atoms with Crippen molar-refractivity contribution in [3.8, 4) is 11.1 Å². The Morgan fingerprint density at radius 2 is 1.24 bits per heavy atom. The summed E-state index contributed by atoms with van der Waals surface area (Å²) in [6.07, 6.45) is 0. The summed E-state index contributed by atoms with van der Waals surface area (Å²) >= 11 is 0. The smallest absolute Gasteiger partial charge is 0.248 e. The maximum Gasteiger partial charge on any atom is 0.248 e. The van der Waals surface area contributed by atoms with Crippen LogP contribution in [0.2, 0.25) is 0 Å². The molecule has 0 bridgehead atoms. The highest BCUT2D eigenvalue weighted by atomic mass is 15.2. The molecule has 2 aliphatic heterocycles. The molecular weight excluding hydrogens is 445 g/mol. The number of para-hydroxylation sites is 1. The van der Waals surface area contributed by atoms with Crippen molar-refractivity contribution in [1.29, 1.82) is 0 Å². The lowest BCUT2D eigenvalue weighted by molar-refractivity contribution is 1.31. The number of anilines is 3. The van der Waals surface area contributed by atoms with Crippen molar-refractivity contribution in [2.75, 3.05) is 4.90 Å². The second kappa shape index (κ2) is 6.81. The molecule has 7 aromatic carbocycles. The highest BCUT2D eigenvalue weighted by molar-refractivity contribution is 7.01. The molecule has 0 unspecified atom stereocenters. The third kappa shape index (κ3) is 2.41. The maximum absolute atomic E-state index is 2.52. The van der Waals surface area contributed by atoms with Crippen molar-refractivity contribution in [2.24, 2.45) is 0 Å². The van der Waals surface area contributed by atoms with Gasteiger partial charge >= 0.3 is 0 Å². The predicted octanol–water partition coefficient (Wildman–Crippen LogP) is 7.17. The van der Waals surface area contributed by atoms with Gasteiger partial charge in [-0.3, -0.25) is 0 Å². The maximum atomic E-state index is 2.52. The molecular formula is C35H22BN. The van der Waals surface area contributed by atoms with Gasteiger partial charge in [-0.05, 0) is 74.1 Å². The fourth-order valence-electron chi connectivity index (χ4n) is 7.16. The fourth-order valence-corrected chi connectivity index (χ4v) is 7.16. The van der Waals surface area contributed by atoms with Gasteiger partial charge < -0.3 is 4.90 Å². The number of hydrogen-bond donors (Lipinski definition) is 0. The Morgan fingerprint density at radius 3 is 2.14 bits per heavy atom. The van der Waals surface area contributed by atoms with Crippen LogP contribution in [0, 0.1) is 6.92 Å². The average Bonchev–Trinajstić information content (AvgIpc) is 3.27. The minimum atomic E-state index is 0.272. The summed E-state index contributed by atoms with van der Waals surface area (Å²) in [4.78, 5) is 2.52. The van der Waals surface area contributed by atoms with E-state index in [-0.39, 0.29) is 6.71 Å². The molecule has 37 heavy (non-hydrogen) atoms. The zero-order chi connectivity index (χ0) is 24.2. The van der Waals surface area contributed by atoms with E-state index in [0.29, 0.717) is 0 Å². The van der Waals surface area contributed by atoms with E-state index in [0.717, 1.165) is 0 Å². The largest absolute Gasteiger partial charge is 0.311 e. The van der Waals surface area contributed by atoms with Gasteiger partial charge in [-0.1, -0.05) is 108 Å². The van der Waals surface area contributed by atoms with Crippen LogP contribution in [0.3, 0.4) is 0 Å². The molecule has 0 saturated carbocycles. The summed E-state index contributed by atoms with van der Waals surface area (Å²) < 4.78 is 0. The van der Waals surface area contributed by atoms with Gasteiger partial charge in [0, 0.05) is 16.8 Å². The van der Waals surface area contributed by atoms with Crippen molar-refractivity contribution in [3.05, 3.63) is 121 Å². The molecule has 0 amide bonds. The quantitative estimate of drug-likeness (QED) is 0.183. The number of benzene rings is 7. The molecule has 1 nitrogen and oxygen atoms in total. The van der Waals surface area contributed by atoms with Crippen LogP contribution in [0.25, 0.3) is 43.4 Å². The summed E-state index contributed by atoms with van der Waals surface area (Å²) in [6.45, 7) is 2.47. The first kappa shape index (κ1) is 19.6. The van der Waals surface area contributed by atoms with Crippen molar-refractivity contribution >= 4 is 72.5 Å². The van der Waals surface area contributed by atoms with E-state index in [1.165, 1.54) is 82.5 Å². The first-order valence-electron chi connectivity index (χ1n) is 13.1. The summed E-state index contributed by atoms with van der Waals surface area (Å²) in [5.74, 6) is 0. The highest BCUT2D eigenvalue weighted by Gasteiger charge is 2.42. The number of hydrogen-bond acceptors (Lipinski definition) is 1. The molecule has 0 spiro atoms. The molecule has 0 radical (unpaired) electrons. The Kier molecular flexibility index (Phi) is 3.61. The molecule has 0 aliphatic carbocycles. The Morgan fingerprint density at radius 1 is 0.514 bits per heavy atom. The van der Waals surface area contributed by atoms with E-state index < -0.39 is 0 Å². The van der Waals surface area contributed by atoms with Gasteiger partial charge in [0.2, 0.25) is 6.71 Å². The topological polar surface area (TPSA) is 3.24 Å². The van der Waals surface area contributed by atoms with Crippen LogP contribution in [0.4, 0.5) is 17.1 Å². The summed E-state index contributed by atoms with van der Waals surface area (Å²) in [5, 5.41) is 7.94. The van der Waals surface area contributed by atoms with Crippen LogP contribution < -0.4 is 21.3 Å². The van der Waals surface area contributed by atoms with Gasteiger partial charge in [-0.15, -0.1) is 0 Å². The van der Waals surface area contributed by atoms with Crippen LogP contribution in [-0.4, -0.2) is 6.71 Å². The number of aryl methyl sites for hydroxylation is 1. The molecule has 0 atom stereocenters. The molecule has 0 N–H and O–H groups in total. The second-order valence-electron chi connectivity index (χ2n) is 10.6. The minimum Gasteiger partial charge on any atom is -0.311 e. The molecule has 170 valence electrons. The first-order chi connectivity index (χ1) is 18.3. The molecule has 0 aromatic heterocycles. The van der Waals surface area contributed by atoms with Gasteiger partial charge in [0.15, 0.2) is 0 Å². The zero-order valence-corrected chi connectivity index (χ0v) is 20.5. The SMILES string of the molecule is Cc1ccc2c(c1)-c1cccc3c1B2c1ccccc1N3c1ccc2ccc3cccc4ccc1c2c34. The summed E-state index contributed by atoms with van der Waals surface area (Å²) in [6, 6.07) is 43.3. The van der Waals surface area contributed by atoms with E-state index in [4.69, 9.17) is 0 Å². The third-order valence-electron chi connectivity index (χ3n) is 8.66. The number of rotatable bonds is 1. The lowest BCUT2D eigenvalue weighted by Gasteiger charge is -2.36. The van der Waals surface area contributed by atoms with Crippen molar-refractivity contribution < 1.29 is 0 Å². The molecule has 0 fully saturated rings. The fraction of sp³-hybridized carbons (Fsp3) is 0.0286. The Balaban J connectivity index is 1.41. The van der Waals surface area contributed by atoms with Crippen LogP contribution in [0.15, 0.2) is 115 Å². The van der Waals surface area contributed by atoms with Crippen LogP contribution in [0.5, 0.6) is 0 Å². The van der Waals surface area contributed by atoms with Crippen LogP contribution in [0.1, 0.15) is 5.56 Å². The minimum absolute atomic E-state index is 0.272. The number of nitrogens with zero attached hydrogens (tertiary/aromatic N) is 1. The molecule has 0 saturated heterocycles. The normalized spacial score (nSPS) is 13.4. The Labute approximate surface area is 216 Å². The van der Waals surface area contributed by atoms with Crippen LogP contribution in [-0.2, 0) is 0 Å². The predicted molar refractivity (Wildman–Crippen MR) is 160 cm³/mol. The van der Waals surface area contributed by atoms with Gasteiger partial charge in [0.1, 0.15) is 0 Å². The van der Waals surface area contributed by atoms with E-state index >= 15 is 0 Å². The molecule has 7 aromatic rings. The Hall–Kier alpha value is -4.56. The summed E-state index contributed by atoms with van der Waals surface area (Å²) in [5.41, 5.74) is 12.1. The molecule has 2 heterocycles. The van der Waals surface area contributed by atoms with E-state index in [2.05, 4.69) is 127 Å². The van der Waals surface area contributed by atoms with Gasteiger partial charge in [0.05, 0.1) is 5.69 Å². The van der Waals surface area contributed by atoms with Gasteiger partial charge in [-0.25, -0.2) is 0 Å². The Bertz CT molecular complexity index is 2060. The first-order valence-corrected chi connectivity index (χ1v) is 13.1. The van der Waals surface area contributed by atoms with E-state index in [1.807, 2.05) is 0 Å². The third-order valence-corrected chi connectivity index (χ3v) is 8.66. The molecule has 2 heteroatoms. The van der Waals surface area contributed by atoms with Crippen molar-refractivity contribution in [2.45, 2.75) is 6.92 Å². The monoisotopic (exact) mass is 467 g/mol. The molecule has 9 rings (SSSR count). The average molecular weight is 467 g/mol. The van der Waals surface area contributed by atoms with Crippen LogP contribution >= 0.6 is 0 Å². The standard InChI is InChI=1S/C35H22BN/c1-21-12-18-28-27(20-21)25-8-5-11-32-35(25)36(28)29-9-2-3-10-31(29)37(32)30-19-16-24-14-13-22-6-4-7-23-15-17-26(30)34(24)33(22)23/h2-20H,1H3. The van der Waals surface area contributed by atoms with Gasteiger partial charge in [0.25, 0.3) is 0 Å². The lowest BCUT2D eigenvalue weighted by Crippen LogP contribution is -2.54. The summed E-state index contributed by atoms with van der Waals surface area (Å²) in [7, 11) is 0. The highest BCUT2D eigenvalue weighted by Crippen LogP contribution is 2.45. The van der Waals surface area contributed by atoms with E-state index in [9.17, 15) is 0 Å². The van der Waals surface area contributed by atoms with Gasteiger partial charge in [-0.2, -0.15) is 0 Å². The zero-order valence-electron chi connectivity index (χ0n) is 20.5.